The highest BCUT2D eigenvalue weighted by Gasteiger charge is 2.14. The fraction of sp³-hybridized carbons (Fsp3) is 0.167. The van der Waals surface area contributed by atoms with Crippen LogP contribution in [-0.2, 0) is 9.05 Å². The summed E-state index contributed by atoms with van der Waals surface area (Å²) < 4.78 is 22.4. The maximum absolute atomic E-state index is 12.0. The first-order valence-electron chi connectivity index (χ1n) is 5.56. The number of hydrogen-bond donors (Lipinski definition) is 1. The van der Waals surface area contributed by atoms with Gasteiger partial charge in [-0.2, -0.15) is 0 Å². The van der Waals surface area contributed by atoms with Crippen LogP contribution in [0.3, 0.4) is 0 Å². The van der Waals surface area contributed by atoms with Crippen LogP contribution in [-0.4, -0.2) is 19.3 Å². The van der Waals surface area contributed by atoms with E-state index in [2.05, 4.69) is 10.3 Å². The number of thiazole rings is 1. The Morgan fingerprint density at radius 1 is 1.35 bits per heavy atom. The number of amides is 1. The van der Waals surface area contributed by atoms with Gasteiger partial charge in [0, 0.05) is 21.7 Å². The van der Waals surface area contributed by atoms with Crippen molar-refractivity contribution in [3.8, 4) is 0 Å². The first-order chi connectivity index (χ1) is 9.27. The summed E-state index contributed by atoms with van der Waals surface area (Å²) in [6, 6.07) is 4.25. The topological polar surface area (TPSA) is 76.1 Å². The Balaban J connectivity index is 2.25. The van der Waals surface area contributed by atoms with Crippen molar-refractivity contribution >= 4 is 42.7 Å². The van der Waals surface area contributed by atoms with Crippen molar-refractivity contribution in [1.29, 1.82) is 0 Å². The van der Waals surface area contributed by atoms with Gasteiger partial charge in [0.05, 0.1) is 9.90 Å². The second-order valence-corrected chi connectivity index (χ2v) is 7.75. The van der Waals surface area contributed by atoms with E-state index in [4.69, 9.17) is 10.7 Å². The van der Waals surface area contributed by atoms with Gasteiger partial charge < -0.3 is 5.32 Å². The van der Waals surface area contributed by atoms with Crippen molar-refractivity contribution in [2.24, 2.45) is 0 Å². The Bertz CT molecular complexity index is 769. The molecule has 0 aliphatic heterocycles. The summed E-state index contributed by atoms with van der Waals surface area (Å²) >= 11 is 1.38. The number of aryl methyl sites for hydroxylation is 2. The van der Waals surface area contributed by atoms with E-state index in [1.807, 2.05) is 6.92 Å². The zero-order chi connectivity index (χ0) is 14.9. The summed E-state index contributed by atoms with van der Waals surface area (Å²) in [6.45, 7) is 3.50. The molecule has 106 valence electrons. The van der Waals surface area contributed by atoms with E-state index in [0.29, 0.717) is 16.9 Å². The highest BCUT2D eigenvalue weighted by molar-refractivity contribution is 8.13. The van der Waals surface area contributed by atoms with E-state index in [-0.39, 0.29) is 10.8 Å². The molecule has 2 rings (SSSR count). The molecule has 0 atom stereocenters. The number of rotatable bonds is 3. The van der Waals surface area contributed by atoms with E-state index in [1.165, 1.54) is 29.5 Å². The monoisotopic (exact) mass is 330 g/mol. The predicted molar refractivity (Wildman–Crippen MR) is 79.0 cm³/mol. The number of hydrogen-bond acceptors (Lipinski definition) is 5. The molecule has 20 heavy (non-hydrogen) atoms. The van der Waals surface area contributed by atoms with Gasteiger partial charge in [0.15, 0.2) is 0 Å². The zero-order valence-corrected chi connectivity index (χ0v) is 13.1. The fourth-order valence-electron chi connectivity index (χ4n) is 1.58. The van der Waals surface area contributed by atoms with Crippen molar-refractivity contribution in [2.75, 3.05) is 5.32 Å². The molecule has 0 aliphatic carbocycles. The molecule has 1 aromatic heterocycles. The number of aromatic nitrogens is 1. The normalized spacial score (nSPS) is 11.3. The number of carbonyl (C=O) groups excluding carboxylic acids is 1. The SMILES string of the molecule is Cc1nc(C(=O)Nc2ccc(S(=O)(=O)Cl)cc2C)cs1. The summed E-state index contributed by atoms with van der Waals surface area (Å²) in [7, 11) is 1.49. The van der Waals surface area contributed by atoms with Crippen LogP contribution < -0.4 is 5.32 Å². The van der Waals surface area contributed by atoms with E-state index in [0.717, 1.165) is 5.01 Å². The number of carbonyl (C=O) groups is 1. The van der Waals surface area contributed by atoms with Gasteiger partial charge in [-0.15, -0.1) is 11.3 Å². The first-order valence-corrected chi connectivity index (χ1v) is 8.75. The lowest BCUT2D eigenvalue weighted by molar-refractivity contribution is 0.102. The largest absolute Gasteiger partial charge is 0.320 e. The number of halogens is 1. The lowest BCUT2D eigenvalue weighted by Crippen LogP contribution is -2.13. The Kier molecular flexibility index (Phi) is 4.12. The molecular weight excluding hydrogens is 320 g/mol. The van der Waals surface area contributed by atoms with Gasteiger partial charge in [-0.1, -0.05) is 0 Å². The van der Waals surface area contributed by atoms with Gasteiger partial charge >= 0.3 is 0 Å². The standard InChI is InChI=1S/C12H11ClN2O3S2/c1-7-5-9(20(13,17)18)3-4-10(7)15-12(16)11-6-19-8(2)14-11/h3-6H,1-2H3,(H,15,16). The summed E-state index contributed by atoms with van der Waals surface area (Å²) in [5.74, 6) is -0.334. The lowest BCUT2D eigenvalue weighted by Gasteiger charge is -2.08. The number of benzene rings is 1. The van der Waals surface area contributed by atoms with Crippen molar-refractivity contribution in [1.82, 2.24) is 4.98 Å². The Morgan fingerprint density at radius 3 is 2.55 bits per heavy atom. The first kappa shape index (κ1) is 15.0. The third-order valence-corrected chi connectivity index (χ3v) is 4.70. The van der Waals surface area contributed by atoms with Crippen LogP contribution in [0, 0.1) is 13.8 Å². The van der Waals surface area contributed by atoms with Gasteiger partial charge in [-0.25, -0.2) is 13.4 Å². The summed E-state index contributed by atoms with van der Waals surface area (Å²) in [4.78, 5) is 16.0. The van der Waals surface area contributed by atoms with Crippen LogP contribution in [0.15, 0.2) is 28.5 Å². The summed E-state index contributed by atoms with van der Waals surface area (Å²) in [6.07, 6.45) is 0. The van der Waals surface area contributed by atoms with Crippen LogP contribution in [0.1, 0.15) is 21.1 Å². The van der Waals surface area contributed by atoms with Crippen molar-refractivity contribution in [2.45, 2.75) is 18.7 Å². The Labute approximate surface area is 125 Å². The molecule has 0 saturated heterocycles. The van der Waals surface area contributed by atoms with E-state index >= 15 is 0 Å². The summed E-state index contributed by atoms with van der Waals surface area (Å²) in [5, 5.41) is 5.15. The second-order valence-electron chi connectivity index (χ2n) is 4.12. The molecule has 1 amide bonds. The fourth-order valence-corrected chi connectivity index (χ4v) is 3.01. The van der Waals surface area contributed by atoms with Crippen LogP contribution in [0.25, 0.3) is 0 Å². The van der Waals surface area contributed by atoms with Crippen molar-refractivity contribution in [3.63, 3.8) is 0 Å². The highest BCUT2D eigenvalue weighted by Crippen LogP contribution is 2.22. The number of nitrogens with zero attached hydrogens (tertiary/aromatic N) is 1. The number of anilines is 1. The molecule has 1 aromatic carbocycles. The average Bonchev–Trinajstić information content (AvgIpc) is 2.77. The Morgan fingerprint density at radius 2 is 2.05 bits per heavy atom. The molecule has 0 bridgehead atoms. The predicted octanol–water partition coefficient (Wildman–Crippen LogP) is 2.94. The molecule has 2 aromatic rings. The minimum Gasteiger partial charge on any atom is -0.320 e. The maximum atomic E-state index is 12.0. The Hall–Kier alpha value is -1.44. The molecule has 8 heteroatoms. The quantitative estimate of drug-likeness (QED) is 0.878. The molecule has 0 unspecified atom stereocenters. The van der Waals surface area contributed by atoms with Gasteiger partial charge in [0.1, 0.15) is 5.69 Å². The van der Waals surface area contributed by atoms with Crippen molar-refractivity contribution in [3.05, 3.63) is 39.8 Å². The minimum atomic E-state index is -3.77. The lowest BCUT2D eigenvalue weighted by atomic mass is 10.2. The van der Waals surface area contributed by atoms with Gasteiger partial charge in [-0.05, 0) is 37.6 Å². The smallest absolute Gasteiger partial charge is 0.275 e. The summed E-state index contributed by atoms with van der Waals surface area (Å²) in [5.41, 5.74) is 1.46. The minimum absolute atomic E-state index is 0.000770. The third kappa shape index (κ3) is 3.36. The second kappa shape index (κ2) is 5.51. The molecule has 0 radical (unpaired) electrons. The molecule has 5 nitrogen and oxygen atoms in total. The molecular formula is C12H11ClN2O3S2. The van der Waals surface area contributed by atoms with Crippen LogP contribution in [0.2, 0.25) is 0 Å². The van der Waals surface area contributed by atoms with E-state index in [1.54, 1.807) is 12.3 Å². The zero-order valence-electron chi connectivity index (χ0n) is 10.7. The molecule has 0 spiro atoms. The molecule has 1 N–H and O–H groups in total. The van der Waals surface area contributed by atoms with Gasteiger partial charge in [0.2, 0.25) is 0 Å². The van der Waals surface area contributed by atoms with Gasteiger partial charge in [-0.3, -0.25) is 4.79 Å². The molecule has 0 aliphatic rings. The molecule has 1 heterocycles. The van der Waals surface area contributed by atoms with Crippen molar-refractivity contribution < 1.29 is 13.2 Å². The van der Waals surface area contributed by atoms with Crippen LogP contribution in [0.5, 0.6) is 0 Å². The third-order valence-electron chi connectivity index (χ3n) is 2.58. The average molecular weight is 331 g/mol. The molecule has 0 saturated carbocycles. The van der Waals surface area contributed by atoms with E-state index in [9.17, 15) is 13.2 Å². The highest BCUT2D eigenvalue weighted by atomic mass is 35.7. The number of nitrogens with one attached hydrogen (secondary N) is 1. The van der Waals surface area contributed by atoms with E-state index < -0.39 is 9.05 Å². The van der Waals surface area contributed by atoms with Crippen LogP contribution >= 0.6 is 22.0 Å². The maximum Gasteiger partial charge on any atom is 0.275 e. The van der Waals surface area contributed by atoms with Crippen LogP contribution in [0.4, 0.5) is 5.69 Å². The van der Waals surface area contributed by atoms with Gasteiger partial charge in [0.25, 0.3) is 15.0 Å². The molecule has 0 fully saturated rings.